The van der Waals surface area contributed by atoms with Crippen LogP contribution in [0.2, 0.25) is 0 Å². The van der Waals surface area contributed by atoms with Crippen LogP contribution < -0.4 is 16.4 Å². The average Bonchev–Trinajstić information content (AvgIpc) is 3.04. The van der Waals surface area contributed by atoms with Crippen molar-refractivity contribution in [2.75, 3.05) is 18.1 Å². The number of hydrogen-bond acceptors (Lipinski definition) is 6. The topological polar surface area (TPSA) is 110 Å². The summed E-state index contributed by atoms with van der Waals surface area (Å²) in [6.45, 7) is 0.639. The van der Waals surface area contributed by atoms with E-state index in [2.05, 4.69) is 25.7 Å². The van der Waals surface area contributed by atoms with Gasteiger partial charge in [0, 0.05) is 36.3 Å². The first kappa shape index (κ1) is 17.6. The van der Waals surface area contributed by atoms with E-state index in [-0.39, 0.29) is 17.3 Å². The number of rotatable bonds is 5. The van der Waals surface area contributed by atoms with Crippen molar-refractivity contribution < 1.29 is 4.79 Å². The van der Waals surface area contributed by atoms with Gasteiger partial charge in [-0.2, -0.15) is 0 Å². The standard InChI is InChI=1S/C20H19N7O/c1-22-9-13-10-24-19-17(18(21)26-27(19)12-13)20(28)25-16-11-23-8-7-15(16)14-5-3-2-4-6-14/h2-8,10-12,22H,9H2,1H3,(H2,21,26)(H,25,28). The number of aromatic nitrogens is 4. The SMILES string of the molecule is CNCc1cnc2c(C(=O)Nc3cnccc3-c3ccccc3)c(N)nn2c1. The molecule has 0 aliphatic heterocycles. The number of nitrogens with one attached hydrogen (secondary N) is 2. The maximum absolute atomic E-state index is 13.0. The molecule has 0 unspecified atom stereocenters. The molecule has 4 aromatic rings. The molecule has 0 aliphatic carbocycles. The quantitative estimate of drug-likeness (QED) is 0.495. The number of pyridine rings is 1. The summed E-state index contributed by atoms with van der Waals surface area (Å²) in [6.07, 6.45) is 6.79. The number of carbonyl (C=O) groups is 1. The van der Waals surface area contributed by atoms with E-state index in [4.69, 9.17) is 5.73 Å². The molecule has 0 bridgehead atoms. The fraction of sp³-hybridized carbons (Fsp3) is 0.100. The van der Waals surface area contributed by atoms with E-state index in [0.717, 1.165) is 16.7 Å². The van der Waals surface area contributed by atoms with Crippen LogP contribution in [0.1, 0.15) is 15.9 Å². The molecule has 0 fully saturated rings. The number of anilines is 2. The molecular weight excluding hydrogens is 354 g/mol. The molecule has 4 rings (SSSR count). The summed E-state index contributed by atoms with van der Waals surface area (Å²) in [7, 11) is 1.85. The Morgan fingerprint density at radius 1 is 1.18 bits per heavy atom. The van der Waals surface area contributed by atoms with Crippen LogP contribution in [0.5, 0.6) is 0 Å². The Morgan fingerprint density at radius 3 is 2.79 bits per heavy atom. The molecule has 0 aliphatic rings. The summed E-state index contributed by atoms with van der Waals surface area (Å²) in [4.78, 5) is 21.5. The lowest BCUT2D eigenvalue weighted by molar-refractivity contribution is 0.102. The Kier molecular flexibility index (Phi) is 4.69. The van der Waals surface area contributed by atoms with Gasteiger partial charge in [0.25, 0.3) is 5.91 Å². The van der Waals surface area contributed by atoms with Crippen molar-refractivity contribution >= 4 is 23.1 Å². The lowest BCUT2D eigenvalue weighted by Crippen LogP contribution is -2.15. The maximum atomic E-state index is 13.0. The smallest absolute Gasteiger partial charge is 0.263 e. The zero-order valence-corrected chi connectivity index (χ0v) is 15.3. The van der Waals surface area contributed by atoms with Gasteiger partial charge in [-0.1, -0.05) is 30.3 Å². The van der Waals surface area contributed by atoms with E-state index in [1.165, 1.54) is 4.52 Å². The summed E-state index contributed by atoms with van der Waals surface area (Å²) in [5.74, 6) is -0.261. The van der Waals surface area contributed by atoms with Crippen molar-refractivity contribution in [3.05, 3.63) is 72.3 Å². The van der Waals surface area contributed by atoms with Crippen molar-refractivity contribution in [3.63, 3.8) is 0 Å². The van der Waals surface area contributed by atoms with Gasteiger partial charge < -0.3 is 16.4 Å². The van der Waals surface area contributed by atoms with Crippen LogP contribution in [0.15, 0.2) is 61.2 Å². The van der Waals surface area contributed by atoms with Crippen LogP contribution in [0, 0.1) is 0 Å². The van der Waals surface area contributed by atoms with Crippen molar-refractivity contribution in [1.29, 1.82) is 0 Å². The molecule has 8 nitrogen and oxygen atoms in total. The molecule has 0 saturated carbocycles. The van der Waals surface area contributed by atoms with Crippen LogP contribution in [0.3, 0.4) is 0 Å². The van der Waals surface area contributed by atoms with Crippen LogP contribution in [0.4, 0.5) is 11.5 Å². The van der Waals surface area contributed by atoms with Crippen LogP contribution in [-0.4, -0.2) is 32.5 Å². The van der Waals surface area contributed by atoms with E-state index in [1.807, 2.05) is 43.4 Å². The Labute approximate surface area is 161 Å². The van der Waals surface area contributed by atoms with E-state index >= 15 is 0 Å². The van der Waals surface area contributed by atoms with E-state index in [9.17, 15) is 4.79 Å². The molecule has 1 aromatic carbocycles. The Hall–Kier alpha value is -3.78. The molecule has 28 heavy (non-hydrogen) atoms. The molecule has 0 spiro atoms. The number of fused-ring (bicyclic) bond motifs is 1. The van der Waals surface area contributed by atoms with Crippen LogP contribution in [0.25, 0.3) is 16.8 Å². The number of carbonyl (C=O) groups excluding carboxylic acids is 1. The first-order chi connectivity index (χ1) is 13.7. The Morgan fingerprint density at radius 2 is 2.00 bits per heavy atom. The van der Waals surface area contributed by atoms with E-state index in [0.29, 0.717) is 17.9 Å². The largest absolute Gasteiger partial charge is 0.381 e. The average molecular weight is 373 g/mol. The van der Waals surface area contributed by atoms with Crippen LogP contribution in [-0.2, 0) is 6.54 Å². The lowest BCUT2D eigenvalue weighted by Gasteiger charge is -2.10. The number of nitrogens with two attached hydrogens (primary N) is 1. The fourth-order valence-electron chi connectivity index (χ4n) is 3.05. The molecule has 8 heteroatoms. The number of hydrogen-bond donors (Lipinski definition) is 3. The van der Waals surface area contributed by atoms with Crippen molar-refractivity contribution in [2.24, 2.45) is 0 Å². The second-order valence-electron chi connectivity index (χ2n) is 6.26. The molecule has 140 valence electrons. The molecule has 4 N–H and O–H groups in total. The second kappa shape index (κ2) is 7.45. The third-order valence-electron chi connectivity index (χ3n) is 4.32. The fourth-order valence-corrected chi connectivity index (χ4v) is 3.05. The first-order valence-corrected chi connectivity index (χ1v) is 8.75. The molecular formula is C20H19N7O. The van der Waals surface area contributed by atoms with Crippen molar-refractivity contribution in [2.45, 2.75) is 6.54 Å². The predicted octanol–water partition coefficient (Wildman–Crippen LogP) is 2.35. The highest BCUT2D eigenvalue weighted by Crippen LogP contribution is 2.28. The van der Waals surface area contributed by atoms with Gasteiger partial charge in [-0.3, -0.25) is 9.78 Å². The summed E-state index contributed by atoms with van der Waals surface area (Å²) in [5, 5.41) is 10.2. The third-order valence-corrected chi connectivity index (χ3v) is 4.32. The number of nitrogens with zero attached hydrogens (tertiary/aromatic N) is 4. The highest BCUT2D eigenvalue weighted by molar-refractivity contribution is 6.12. The summed E-state index contributed by atoms with van der Waals surface area (Å²) in [6, 6.07) is 11.6. The normalized spacial score (nSPS) is 10.9. The minimum absolute atomic E-state index is 0.122. The van der Waals surface area contributed by atoms with Gasteiger partial charge in [-0.25, -0.2) is 9.50 Å². The molecule has 3 aromatic heterocycles. The monoisotopic (exact) mass is 373 g/mol. The first-order valence-electron chi connectivity index (χ1n) is 8.75. The van der Waals surface area contributed by atoms with E-state index in [1.54, 1.807) is 24.8 Å². The lowest BCUT2D eigenvalue weighted by atomic mass is 10.1. The van der Waals surface area contributed by atoms with Gasteiger partial charge in [0.15, 0.2) is 11.5 Å². The van der Waals surface area contributed by atoms with Crippen molar-refractivity contribution in [3.8, 4) is 11.1 Å². The van der Waals surface area contributed by atoms with Gasteiger partial charge in [-0.05, 0) is 18.7 Å². The van der Waals surface area contributed by atoms with Gasteiger partial charge in [0.2, 0.25) is 0 Å². The summed E-state index contributed by atoms with van der Waals surface area (Å²) >= 11 is 0. The van der Waals surface area contributed by atoms with Gasteiger partial charge in [0.1, 0.15) is 5.56 Å². The van der Waals surface area contributed by atoms with Crippen LogP contribution >= 0.6 is 0 Å². The van der Waals surface area contributed by atoms with Gasteiger partial charge in [-0.15, -0.1) is 5.10 Å². The van der Waals surface area contributed by atoms with Gasteiger partial charge in [0.05, 0.1) is 11.9 Å². The summed E-state index contributed by atoms with van der Waals surface area (Å²) < 4.78 is 1.53. The van der Waals surface area contributed by atoms with Gasteiger partial charge >= 0.3 is 0 Å². The number of amides is 1. The molecule has 0 saturated heterocycles. The minimum atomic E-state index is -0.383. The Balaban J connectivity index is 1.70. The zero-order chi connectivity index (χ0) is 19.5. The summed E-state index contributed by atoms with van der Waals surface area (Å²) in [5.41, 5.74) is 10.0. The van der Waals surface area contributed by atoms with E-state index < -0.39 is 0 Å². The zero-order valence-electron chi connectivity index (χ0n) is 15.3. The minimum Gasteiger partial charge on any atom is -0.381 e. The molecule has 0 radical (unpaired) electrons. The van der Waals surface area contributed by atoms with Crippen molar-refractivity contribution in [1.82, 2.24) is 24.9 Å². The number of nitrogen functional groups attached to an aromatic ring is 1. The highest BCUT2D eigenvalue weighted by atomic mass is 16.1. The Bertz CT molecular complexity index is 1140. The number of benzene rings is 1. The second-order valence-corrected chi connectivity index (χ2v) is 6.26. The maximum Gasteiger partial charge on any atom is 0.263 e. The predicted molar refractivity (Wildman–Crippen MR) is 108 cm³/mol. The molecule has 1 amide bonds. The third kappa shape index (κ3) is 3.28. The molecule has 3 heterocycles. The highest BCUT2D eigenvalue weighted by Gasteiger charge is 2.20. The molecule has 0 atom stereocenters.